The monoisotopic (exact) mass is 328 g/mol. The van der Waals surface area contributed by atoms with Crippen LogP contribution in [0.3, 0.4) is 0 Å². The van der Waals surface area contributed by atoms with E-state index in [-0.39, 0.29) is 6.04 Å². The van der Waals surface area contributed by atoms with Crippen LogP contribution in [0.1, 0.15) is 33.0 Å². The molecule has 0 saturated heterocycles. The molecule has 1 aromatic heterocycles. The molecule has 21 heavy (non-hydrogen) atoms. The Morgan fingerprint density at radius 2 is 1.86 bits per heavy atom. The number of hydrogen-bond acceptors (Lipinski definition) is 4. The third-order valence-corrected chi connectivity index (χ3v) is 3.94. The Labute approximate surface area is 122 Å². The van der Waals surface area contributed by atoms with Crippen molar-refractivity contribution in [2.75, 3.05) is 0 Å². The van der Waals surface area contributed by atoms with Crippen LogP contribution in [-0.4, -0.2) is 26.7 Å². The molecule has 1 rings (SSSR count). The van der Waals surface area contributed by atoms with E-state index in [1.54, 1.807) is 0 Å². The van der Waals surface area contributed by atoms with Crippen molar-refractivity contribution in [2.45, 2.75) is 57.1 Å². The summed E-state index contributed by atoms with van der Waals surface area (Å²) in [5.41, 5.74) is 0. The molecule has 5 nitrogen and oxygen atoms in total. The van der Waals surface area contributed by atoms with Crippen LogP contribution in [0.15, 0.2) is 21.6 Å². The smallest absolute Gasteiger partial charge is 0.390 e. The van der Waals surface area contributed by atoms with Crippen molar-refractivity contribution >= 4 is 10.0 Å². The van der Waals surface area contributed by atoms with E-state index in [0.717, 1.165) is 6.92 Å². The average molecular weight is 328 g/mol. The Morgan fingerprint density at radius 1 is 1.24 bits per heavy atom. The lowest BCUT2D eigenvalue weighted by Gasteiger charge is -2.14. The minimum Gasteiger partial charge on any atom is -0.447 e. The standard InChI is InChI=1S/C12H19F3N2O3S/c1-8(2)16-7-10-4-5-11(20-10)21(18,19)17-9(3)6-12(13,14)15/h4-5,8-9,16-17H,6-7H2,1-3H3. The zero-order chi connectivity index (χ0) is 16.3. The van der Waals surface area contributed by atoms with Gasteiger partial charge in [0.25, 0.3) is 10.0 Å². The van der Waals surface area contributed by atoms with Crippen LogP contribution in [0.5, 0.6) is 0 Å². The van der Waals surface area contributed by atoms with Gasteiger partial charge in [-0.2, -0.15) is 13.2 Å². The van der Waals surface area contributed by atoms with Gasteiger partial charge in [-0.1, -0.05) is 13.8 Å². The Morgan fingerprint density at radius 3 is 2.38 bits per heavy atom. The number of nitrogens with one attached hydrogen (secondary N) is 2. The summed E-state index contributed by atoms with van der Waals surface area (Å²) in [6.45, 7) is 5.32. The van der Waals surface area contributed by atoms with E-state index < -0.39 is 33.8 Å². The van der Waals surface area contributed by atoms with Crippen molar-refractivity contribution in [3.63, 3.8) is 0 Å². The fourth-order valence-electron chi connectivity index (χ4n) is 1.61. The first-order valence-corrected chi connectivity index (χ1v) is 7.89. The van der Waals surface area contributed by atoms with Crippen LogP contribution < -0.4 is 10.0 Å². The lowest BCUT2D eigenvalue weighted by atomic mass is 10.2. The molecule has 1 atom stereocenters. The molecule has 0 saturated carbocycles. The number of halogens is 3. The van der Waals surface area contributed by atoms with E-state index in [1.807, 2.05) is 18.6 Å². The van der Waals surface area contributed by atoms with Crippen molar-refractivity contribution in [2.24, 2.45) is 0 Å². The van der Waals surface area contributed by atoms with Gasteiger partial charge in [0.05, 0.1) is 13.0 Å². The van der Waals surface area contributed by atoms with Crippen LogP contribution in [-0.2, 0) is 16.6 Å². The van der Waals surface area contributed by atoms with Gasteiger partial charge in [0, 0.05) is 12.1 Å². The maximum atomic E-state index is 12.2. The molecule has 0 aliphatic rings. The summed E-state index contributed by atoms with van der Waals surface area (Å²) in [6.07, 6.45) is -5.67. The van der Waals surface area contributed by atoms with Gasteiger partial charge in [-0.15, -0.1) is 0 Å². The van der Waals surface area contributed by atoms with E-state index in [4.69, 9.17) is 4.42 Å². The number of rotatable bonds is 7. The molecule has 0 aromatic carbocycles. The predicted octanol–water partition coefficient (Wildman–Crippen LogP) is 2.40. The summed E-state index contributed by atoms with van der Waals surface area (Å²) in [4.78, 5) is 0. The molecule has 122 valence electrons. The normalized spacial score (nSPS) is 14.6. The van der Waals surface area contributed by atoms with Crippen molar-refractivity contribution in [1.82, 2.24) is 10.0 Å². The largest absolute Gasteiger partial charge is 0.447 e. The minimum atomic E-state index is -4.43. The summed E-state index contributed by atoms with van der Waals surface area (Å²) in [5, 5.41) is 2.65. The predicted molar refractivity (Wildman–Crippen MR) is 71.1 cm³/mol. The van der Waals surface area contributed by atoms with E-state index in [9.17, 15) is 21.6 Å². The quantitative estimate of drug-likeness (QED) is 0.806. The Kier molecular flexibility index (Phi) is 5.83. The van der Waals surface area contributed by atoms with Crippen molar-refractivity contribution in [3.8, 4) is 0 Å². The maximum absolute atomic E-state index is 12.2. The summed E-state index contributed by atoms with van der Waals surface area (Å²) in [5.74, 6) is 0.396. The Balaban J connectivity index is 2.70. The Bertz CT molecular complexity index is 552. The molecule has 0 aliphatic heterocycles. The average Bonchev–Trinajstić information content (AvgIpc) is 2.71. The minimum absolute atomic E-state index is 0.195. The fourth-order valence-corrected chi connectivity index (χ4v) is 2.81. The molecule has 0 fully saturated rings. The molecule has 0 aliphatic carbocycles. The van der Waals surface area contributed by atoms with Gasteiger partial charge in [0.1, 0.15) is 5.76 Å². The van der Waals surface area contributed by atoms with Gasteiger partial charge in [0.15, 0.2) is 0 Å². The first kappa shape index (κ1) is 18.0. The van der Waals surface area contributed by atoms with Crippen LogP contribution in [0.4, 0.5) is 13.2 Å². The van der Waals surface area contributed by atoms with E-state index >= 15 is 0 Å². The summed E-state index contributed by atoms with van der Waals surface area (Å²) < 4.78 is 67.4. The van der Waals surface area contributed by atoms with Gasteiger partial charge < -0.3 is 9.73 Å². The summed E-state index contributed by atoms with van der Waals surface area (Å²) in [7, 11) is -4.09. The number of sulfonamides is 1. The van der Waals surface area contributed by atoms with Crippen molar-refractivity contribution < 1.29 is 26.0 Å². The molecular formula is C12H19F3N2O3S. The molecule has 1 heterocycles. The summed E-state index contributed by atoms with van der Waals surface area (Å²) in [6, 6.07) is 1.62. The highest BCUT2D eigenvalue weighted by atomic mass is 32.2. The van der Waals surface area contributed by atoms with E-state index in [1.165, 1.54) is 12.1 Å². The zero-order valence-corrected chi connectivity index (χ0v) is 12.8. The molecule has 0 radical (unpaired) electrons. The number of alkyl halides is 3. The number of hydrogen-bond donors (Lipinski definition) is 2. The van der Waals surface area contributed by atoms with Gasteiger partial charge in [0.2, 0.25) is 5.09 Å². The van der Waals surface area contributed by atoms with Gasteiger partial charge in [-0.05, 0) is 19.1 Å². The Hall–Kier alpha value is -1.06. The molecule has 1 aromatic rings. The molecule has 2 N–H and O–H groups in total. The SMILES string of the molecule is CC(C)NCc1ccc(S(=O)(=O)NC(C)CC(F)(F)F)o1. The molecule has 0 amide bonds. The van der Waals surface area contributed by atoms with Crippen LogP contribution in [0.2, 0.25) is 0 Å². The fraction of sp³-hybridized carbons (Fsp3) is 0.667. The number of furan rings is 1. The van der Waals surface area contributed by atoms with Crippen molar-refractivity contribution in [1.29, 1.82) is 0 Å². The third-order valence-electron chi connectivity index (χ3n) is 2.48. The molecule has 0 spiro atoms. The second-order valence-corrected chi connectivity index (χ2v) is 6.74. The third kappa shape index (κ3) is 6.49. The highest BCUT2D eigenvalue weighted by Crippen LogP contribution is 2.22. The van der Waals surface area contributed by atoms with E-state index in [2.05, 4.69) is 5.32 Å². The van der Waals surface area contributed by atoms with Crippen LogP contribution in [0, 0.1) is 0 Å². The highest BCUT2D eigenvalue weighted by Gasteiger charge is 2.32. The molecule has 0 bridgehead atoms. The second-order valence-electron chi connectivity index (χ2n) is 5.10. The molecule has 9 heteroatoms. The topological polar surface area (TPSA) is 71.3 Å². The first-order valence-electron chi connectivity index (χ1n) is 6.41. The van der Waals surface area contributed by atoms with Crippen molar-refractivity contribution in [3.05, 3.63) is 17.9 Å². The molecular weight excluding hydrogens is 309 g/mol. The lowest BCUT2D eigenvalue weighted by Crippen LogP contribution is -2.35. The zero-order valence-electron chi connectivity index (χ0n) is 12.0. The molecule has 1 unspecified atom stereocenters. The first-order chi connectivity index (χ1) is 9.49. The summed E-state index contributed by atoms with van der Waals surface area (Å²) >= 11 is 0. The second kappa shape index (κ2) is 6.80. The maximum Gasteiger partial charge on any atom is 0.390 e. The van der Waals surface area contributed by atoms with Crippen LogP contribution in [0.25, 0.3) is 0 Å². The van der Waals surface area contributed by atoms with Gasteiger partial charge in [-0.25, -0.2) is 13.1 Å². The van der Waals surface area contributed by atoms with Gasteiger partial charge in [-0.3, -0.25) is 0 Å². The highest BCUT2D eigenvalue weighted by molar-refractivity contribution is 7.89. The van der Waals surface area contributed by atoms with Crippen LogP contribution >= 0.6 is 0 Å². The van der Waals surface area contributed by atoms with E-state index in [0.29, 0.717) is 12.3 Å². The van der Waals surface area contributed by atoms with Gasteiger partial charge >= 0.3 is 6.18 Å². The lowest BCUT2D eigenvalue weighted by molar-refractivity contribution is -0.137.